The Hall–Kier alpha value is -3.75. The monoisotopic (exact) mass is 590 g/mol. The van der Waals surface area contributed by atoms with Gasteiger partial charge in [0.2, 0.25) is 11.8 Å². The molecule has 8 heteroatoms. The predicted octanol–water partition coefficient (Wildman–Crippen LogP) is 4.84. The molecule has 1 aliphatic carbocycles. The Morgan fingerprint density at radius 1 is 0.953 bits per heavy atom. The highest BCUT2D eigenvalue weighted by molar-refractivity contribution is 5.86. The lowest BCUT2D eigenvalue weighted by Gasteiger charge is -2.31. The fraction of sp³-hybridized carbons (Fsp3) is 0.457. The second-order valence-corrected chi connectivity index (χ2v) is 11.4. The maximum Gasteiger partial charge on any atom is 0.310 e. The zero-order chi connectivity index (χ0) is 31.1. The first-order chi connectivity index (χ1) is 20.8. The third kappa shape index (κ3) is 10.2. The van der Waals surface area contributed by atoms with Gasteiger partial charge in [0, 0.05) is 13.5 Å². The molecular formula is C35H46N2O6. The Morgan fingerprint density at radius 2 is 1.56 bits per heavy atom. The summed E-state index contributed by atoms with van der Waals surface area (Å²) in [5, 5.41) is 15.9. The SMILES string of the molecule is C=CC[C@H](CC(=O)NC1(CO)CCCC1)C(=O)N[C@@H](COC)[C@@H](OC(=O)[C@H](CC=C)Cc1ccccc1)c1ccccc1. The van der Waals surface area contributed by atoms with E-state index in [2.05, 4.69) is 23.8 Å². The number of hydrogen-bond donors (Lipinski definition) is 3. The fourth-order valence-electron chi connectivity index (χ4n) is 5.72. The van der Waals surface area contributed by atoms with Crippen molar-refractivity contribution < 1.29 is 29.0 Å². The minimum absolute atomic E-state index is 0.0619. The smallest absolute Gasteiger partial charge is 0.310 e. The number of aliphatic hydroxyl groups is 1. The summed E-state index contributed by atoms with van der Waals surface area (Å²) in [5.41, 5.74) is 1.09. The van der Waals surface area contributed by atoms with Gasteiger partial charge in [-0.05, 0) is 43.2 Å². The number of carbonyl (C=O) groups is 3. The lowest BCUT2D eigenvalue weighted by molar-refractivity contribution is -0.158. The number of methoxy groups -OCH3 is 1. The van der Waals surface area contributed by atoms with Crippen molar-refractivity contribution in [3.8, 4) is 0 Å². The predicted molar refractivity (Wildman–Crippen MR) is 167 cm³/mol. The van der Waals surface area contributed by atoms with Gasteiger partial charge in [0.15, 0.2) is 0 Å². The summed E-state index contributed by atoms with van der Waals surface area (Å²) in [7, 11) is 1.52. The van der Waals surface area contributed by atoms with Crippen LogP contribution in [0.1, 0.15) is 62.2 Å². The van der Waals surface area contributed by atoms with Crippen molar-refractivity contribution in [3.05, 3.63) is 97.1 Å². The lowest BCUT2D eigenvalue weighted by Crippen LogP contribution is -2.51. The van der Waals surface area contributed by atoms with E-state index in [0.29, 0.717) is 31.2 Å². The van der Waals surface area contributed by atoms with Gasteiger partial charge in [0.25, 0.3) is 0 Å². The molecular weight excluding hydrogens is 544 g/mol. The van der Waals surface area contributed by atoms with Crippen LogP contribution in [0.5, 0.6) is 0 Å². The molecule has 0 saturated heterocycles. The molecule has 2 amide bonds. The number of nitrogens with one attached hydrogen (secondary N) is 2. The van der Waals surface area contributed by atoms with Crippen LogP contribution >= 0.6 is 0 Å². The van der Waals surface area contributed by atoms with Crippen LogP contribution in [0.3, 0.4) is 0 Å². The van der Waals surface area contributed by atoms with E-state index < -0.39 is 35.5 Å². The van der Waals surface area contributed by atoms with Crippen LogP contribution < -0.4 is 10.6 Å². The summed E-state index contributed by atoms with van der Waals surface area (Å²) in [5.74, 6) is -2.23. The number of hydrogen-bond acceptors (Lipinski definition) is 6. The van der Waals surface area contributed by atoms with Crippen molar-refractivity contribution in [2.24, 2.45) is 11.8 Å². The molecule has 0 unspecified atom stereocenters. The van der Waals surface area contributed by atoms with E-state index >= 15 is 0 Å². The van der Waals surface area contributed by atoms with Gasteiger partial charge < -0.3 is 25.2 Å². The number of amides is 2. The number of esters is 1. The molecule has 1 fully saturated rings. The molecule has 2 aromatic rings. The summed E-state index contributed by atoms with van der Waals surface area (Å²) >= 11 is 0. The molecule has 232 valence electrons. The number of carbonyl (C=O) groups excluding carboxylic acids is 3. The number of ether oxygens (including phenoxy) is 2. The summed E-state index contributed by atoms with van der Waals surface area (Å²) in [4.78, 5) is 40.3. The van der Waals surface area contributed by atoms with Crippen molar-refractivity contribution >= 4 is 17.8 Å². The van der Waals surface area contributed by atoms with Crippen LogP contribution in [0.15, 0.2) is 86.0 Å². The molecule has 0 aromatic heterocycles. The first-order valence-electron chi connectivity index (χ1n) is 15.1. The summed E-state index contributed by atoms with van der Waals surface area (Å²) in [6.07, 6.45) is 6.92. The van der Waals surface area contributed by atoms with Gasteiger partial charge in [-0.3, -0.25) is 14.4 Å². The van der Waals surface area contributed by atoms with E-state index in [9.17, 15) is 19.5 Å². The number of benzene rings is 2. The molecule has 4 atom stereocenters. The molecule has 0 aliphatic heterocycles. The Morgan fingerprint density at radius 3 is 2.14 bits per heavy atom. The zero-order valence-corrected chi connectivity index (χ0v) is 25.2. The van der Waals surface area contributed by atoms with Gasteiger partial charge in [-0.15, -0.1) is 13.2 Å². The molecule has 0 spiro atoms. The minimum atomic E-state index is -0.838. The molecule has 3 N–H and O–H groups in total. The molecule has 1 saturated carbocycles. The van der Waals surface area contributed by atoms with Crippen LogP contribution in [-0.2, 0) is 30.3 Å². The summed E-state index contributed by atoms with van der Waals surface area (Å²) in [6, 6.07) is 18.2. The standard InChI is InChI=1S/C35H46N2O6/c1-4-14-28(23-31(39)37-35(25-38)20-12-13-21-35)33(40)36-30(24-42-3)32(27-18-10-7-11-19-27)43-34(41)29(15-5-2)22-26-16-8-6-9-17-26/h4-11,16-19,28-30,32,38H,1-2,12-15,20-25H2,3H3,(H,36,40)(H,37,39)/t28-,29-,30+,32+/m1/s1. The molecule has 1 aliphatic rings. The van der Waals surface area contributed by atoms with Gasteiger partial charge in [-0.2, -0.15) is 0 Å². The lowest BCUT2D eigenvalue weighted by atomic mass is 9.94. The maximum atomic E-state index is 13.6. The summed E-state index contributed by atoms with van der Waals surface area (Å²) < 4.78 is 11.6. The number of aliphatic hydroxyl groups excluding tert-OH is 1. The van der Waals surface area contributed by atoms with E-state index in [-0.39, 0.29) is 37.9 Å². The first-order valence-corrected chi connectivity index (χ1v) is 15.1. The Bertz CT molecular complexity index is 1180. The van der Waals surface area contributed by atoms with Crippen molar-refractivity contribution in [1.82, 2.24) is 10.6 Å². The molecule has 8 nitrogen and oxygen atoms in total. The van der Waals surface area contributed by atoms with Gasteiger partial charge >= 0.3 is 5.97 Å². The maximum absolute atomic E-state index is 13.6. The van der Waals surface area contributed by atoms with E-state index in [4.69, 9.17) is 9.47 Å². The molecule has 0 bridgehead atoms. The van der Waals surface area contributed by atoms with Gasteiger partial charge in [-0.1, -0.05) is 85.7 Å². The van der Waals surface area contributed by atoms with Crippen LogP contribution in [0.4, 0.5) is 0 Å². The quantitative estimate of drug-likeness (QED) is 0.169. The van der Waals surface area contributed by atoms with Gasteiger partial charge in [0.1, 0.15) is 6.10 Å². The highest BCUT2D eigenvalue weighted by Crippen LogP contribution is 2.30. The number of allylic oxidation sites excluding steroid dienone is 2. The van der Waals surface area contributed by atoms with E-state index in [0.717, 1.165) is 18.4 Å². The minimum Gasteiger partial charge on any atom is -0.455 e. The van der Waals surface area contributed by atoms with Crippen LogP contribution in [0.2, 0.25) is 0 Å². The highest BCUT2D eigenvalue weighted by Gasteiger charge is 2.37. The highest BCUT2D eigenvalue weighted by atomic mass is 16.5. The zero-order valence-electron chi connectivity index (χ0n) is 25.2. The van der Waals surface area contributed by atoms with Crippen molar-refractivity contribution in [2.45, 2.75) is 69.1 Å². The number of rotatable bonds is 18. The van der Waals surface area contributed by atoms with E-state index in [1.165, 1.54) is 7.11 Å². The molecule has 0 heterocycles. The molecule has 3 rings (SSSR count). The van der Waals surface area contributed by atoms with Crippen LogP contribution in [0, 0.1) is 11.8 Å². The Balaban J connectivity index is 1.80. The average Bonchev–Trinajstić information content (AvgIpc) is 3.48. The summed E-state index contributed by atoms with van der Waals surface area (Å²) in [6.45, 7) is 7.55. The molecule has 0 radical (unpaired) electrons. The topological polar surface area (TPSA) is 114 Å². The van der Waals surface area contributed by atoms with Crippen molar-refractivity contribution in [2.75, 3.05) is 20.3 Å². The normalized spacial score (nSPS) is 16.7. The van der Waals surface area contributed by atoms with Gasteiger partial charge in [-0.25, -0.2) is 0 Å². The van der Waals surface area contributed by atoms with Gasteiger partial charge in [0.05, 0.1) is 36.6 Å². The first kappa shape index (κ1) is 33.7. The fourth-order valence-corrected chi connectivity index (χ4v) is 5.72. The van der Waals surface area contributed by atoms with E-state index in [1.807, 2.05) is 60.7 Å². The molecule has 2 aromatic carbocycles. The average molecular weight is 591 g/mol. The van der Waals surface area contributed by atoms with Crippen LogP contribution in [-0.4, -0.2) is 54.8 Å². The Labute approximate surface area is 255 Å². The van der Waals surface area contributed by atoms with Crippen molar-refractivity contribution in [3.63, 3.8) is 0 Å². The van der Waals surface area contributed by atoms with Crippen LogP contribution in [0.25, 0.3) is 0 Å². The largest absolute Gasteiger partial charge is 0.455 e. The molecule has 43 heavy (non-hydrogen) atoms. The second-order valence-electron chi connectivity index (χ2n) is 11.4. The van der Waals surface area contributed by atoms with Crippen molar-refractivity contribution in [1.29, 1.82) is 0 Å². The third-order valence-electron chi connectivity index (χ3n) is 8.04. The Kier molecular flexibility index (Phi) is 13.6. The second kappa shape index (κ2) is 17.4. The van der Waals surface area contributed by atoms with E-state index in [1.54, 1.807) is 12.2 Å². The third-order valence-corrected chi connectivity index (χ3v) is 8.04.